The third-order valence-electron chi connectivity index (χ3n) is 3.97. The number of hydrogen-bond acceptors (Lipinski definition) is 2. The van der Waals surface area contributed by atoms with E-state index in [9.17, 15) is 14.7 Å². The molecule has 0 spiro atoms. The zero-order valence-corrected chi connectivity index (χ0v) is 13.4. The molecule has 0 heterocycles. The zero-order chi connectivity index (χ0) is 15.2. The fraction of sp³-hybridized carbons (Fsp3) is 0.500. The third-order valence-corrected chi connectivity index (χ3v) is 4.75. The van der Waals surface area contributed by atoms with Crippen molar-refractivity contribution >= 4 is 27.8 Å². The highest BCUT2D eigenvalue weighted by Gasteiger charge is 2.26. The van der Waals surface area contributed by atoms with Gasteiger partial charge in [-0.25, -0.2) is 4.79 Å². The van der Waals surface area contributed by atoms with Crippen LogP contribution in [0.2, 0.25) is 0 Å². The van der Waals surface area contributed by atoms with Gasteiger partial charge in [-0.2, -0.15) is 0 Å². The molecule has 0 saturated heterocycles. The van der Waals surface area contributed by atoms with Crippen molar-refractivity contribution in [3.05, 3.63) is 34.3 Å². The molecule has 114 valence electrons. The lowest BCUT2D eigenvalue weighted by Crippen LogP contribution is -2.45. The summed E-state index contributed by atoms with van der Waals surface area (Å²) in [5.74, 6) is -1.14. The van der Waals surface area contributed by atoms with Gasteiger partial charge in [0, 0.05) is 16.8 Å². The smallest absolute Gasteiger partial charge is 0.326 e. The zero-order valence-electron chi connectivity index (χ0n) is 11.8. The molecule has 2 rings (SSSR count). The van der Waals surface area contributed by atoms with Crippen molar-refractivity contribution in [1.29, 1.82) is 0 Å². The number of aliphatic carboxylic acids is 1. The summed E-state index contributed by atoms with van der Waals surface area (Å²) in [6.07, 6.45) is 5.30. The van der Waals surface area contributed by atoms with Crippen molar-refractivity contribution in [3.8, 4) is 0 Å². The maximum Gasteiger partial charge on any atom is 0.326 e. The molecular weight excluding hydrogens is 334 g/mol. The number of carbonyl (C=O) groups excluding carboxylic acids is 1. The second kappa shape index (κ2) is 7.59. The standard InChI is InChI=1S/C16H20BrNO3/c17-13-9-5-4-8-12(13)10-14(16(20)21)18-15(19)11-6-2-1-3-7-11/h4-5,8-9,11,14H,1-3,6-7,10H2,(H,18,19)(H,20,21)/t14-/m0/s1. The summed E-state index contributed by atoms with van der Waals surface area (Å²) in [5.41, 5.74) is 0.883. The van der Waals surface area contributed by atoms with Crippen LogP contribution in [0.5, 0.6) is 0 Å². The number of rotatable bonds is 5. The van der Waals surface area contributed by atoms with Gasteiger partial charge < -0.3 is 10.4 Å². The molecular formula is C16H20BrNO3. The fourth-order valence-corrected chi connectivity index (χ4v) is 3.18. The van der Waals surface area contributed by atoms with Crippen LogP contribution in [0.4, 0.5) is 0 Å². The minimum atomic E-state index is -0.991. The summed E-state index contributed by atoms with van der Waals surface area (Å²) < 4.78 is 0.864. The van der Waals surface area contributed by atoms with E-state index in [4.69, 9.17) is 0 Å². The number of hydrogen-bond donors (Lipinski definition) is 2. The lowest BCUT2D eigenvalue weighted by molar-refractivity contribution is -0.142. The van der Waals surface area contributed by atoms with Crippen molar-refractivity contribution in [2.24, 2.45) is 5.92 Å². The molecule has 0 aromatic heterocycles. The van der Waals surface area contributed by atoms with Crippen molar-refractivity contribution in [3.63, 3.8) is 0 Å². The van der Waals surface area contributed by atoms with E-state index in [2.05, 4.69) is 21.2 Å². The van der Waals surface area contributed by atoms with Gasteiger partial charge >= 0.3 is 5.97 Å². The Morgan fingerprint density at radius 2 is 1.90 bits per heavy atom. The van der Waals surface area contributed by atoms with Gasteiger partial charge in [0.2, 0.25) is 5.91 Å². The first-order valence-corrected chi connectivity index (χ1v) is 8.14. The summed E-state index contributed by atoms with van der Waals surface area (Å²) in [5, 5.41) is 12.0. The number of carbonyl (C=O) groups is 2. The van der Waals surface area contributed by atoms with Gasteiger partial charge in [-0.3, -0.25) is 4.79 Å². The highest BCUT2D eigenvalue weighted by Crippen LogP contribution is 2.24. The van der Waals surface area contributed by atoms with Crippen LogP contribution >= 0.6 is 15.9 Å². The quantitative estimate of drug-likeness (QED) is 0.854. The first-order valence-electron chi connectivity index (χ1n) is 7.34. The highest BCUT2D eigenvalue weighted by atomic mass is 79.9. The van der Waals surface area contributed by atoms with E-state index in [1.807, 2.05) is 24.3 Å². The number of carboxylic acid groups (broad SMARTS) is 1. The number of carboxylic acids is 1. The van der Waals surface area contributed by atoms with Crippen LogP contribution < -0.4 is 5.32 Å². The molecule has 5 heteroatoms. The Morgan fingerprint density at radius 1 is 1.24 bits per heavy atom. The summed E-state index contributed by atoms with van der Waals surface area (Å²) >= 11 is 3.41. The van der Waals surface area contributed by atoms with Gasteiger partial charge in [0.15, 0.2) is 0 Å². The average Bonchev–Trinajstić information content (AvgIpc) is 2.49. The van der Waals surface area contributed by atoms with Gasteiger partial charge in [0.1, 0.15) is 6.04 Å². The Kier molecular flexibility index (Phi) is 5.79. The molecule has 2 N–H and O–H groups in total. The normalized spacial score (nSPS) is 17.2. The van der Waals surface area contributed by atoms with Crippen molar-refractivity contribution in [2.75, 3.05) is 0 Å². The van der Waals surface area contributed by atoms with Crippen LogP contribution in [-0.4, -0.2) is 23.0 Å². The number of halogens is 1. The van der Waals surface area contributed by atoms with E-state index in [0.717, 1.165) is 35.7 Å². The number of amides is 1. The number of nitrogens with one attached hydrogen (secondary N) is 1. The third kappa shape index (κ3) is 4.56. The van der Waals surface area contributed by atoms with Crippen LogP contribution in [-0.2, 0) is 16.0 Å². The van der Waals surface area contributed by atoms with Crippen LogP contribution in [0.3, 0.4) is 0 Å². The van der Waals surface area contributed by atoms with E-state index in [1.54, 1.807) is 0 Å². The Hall–Kier alpha value is -1.36. The van der Waals surface area contributed by atoms with Crippen LogP contribution in [0.15, 0.2) is 28.7 Å². The molecule has 21 heavy (non-hydrogen) atoms. The van der Waals surface area contributed by atoms with Gasteiger partial charge in [-0.1, -0.05) is 53.4 Å². The van der Waals surface area contributed by atoms with E-state index >= 15 is 0 Å². The summed E-state index contributed by atoms with van der Waals surface area (Å²) in [6, 6.07) is 6.61. The molecule has 4 nitrogen and oxygen atoms in total. The Bertz CT molecular complexity index is 512. The largest absolute Gasteiger partial charge is 0.480 e. The van der Waals surface area contributed by atoms with Crippen molar-refractivity contribution in [1.82, 2.24) is 5.32 Å². The lowest BCUT2D eigenvalue weighted by atomic mass is 9.88. The molecule has 1 saturated carbocycles. The number of benzene rings is 1. The molecule has 1 aromatic carbocycles. The van der Waals surface area contributed by atoms with E-state index in [1.165, 1.54) is 6.42 Å². The monoisotopic (exact) mass is 353 g/mol. The molecule has 1 aliphatic rings. The lowest BCUT2D eigenvalue weighted by Gasteiger charge is -2.23. The Morgan fingerprint density at radius 3 is 2.52 bits per heavy atom. The fourth-order valence-electron chi connectivity index (χ4n) is 2.74. The van der Waals surface area contributed by atoms with E-state index in [0.29, 0.717) is 0 Å². The molecule has 1 aromatic rings. The minimum Gasteiger partial charge on any atom is -0.480 e. The average molecular weight is 354 g/mol. The maximum atomic E-state index is 12.2. The van der Waals surface area contributed by atoms with Crippen molar-refractivity contribution < 1.29 is 14.7 Å². The SMILES string of the molecule is O=C(N[C@@H](Cc1ccccc1Br)C(=O)O)C1CCCCC1. The molecule has 1 amide bonds. The molecule has 1 fully saturated rings. The second-order valence-electron chi connectivity index (χ2n) is 5.53. The highest BCUT2D eigenvalue weighted by molar-refractivity contribution is 9.10. The summed E-state index contributed by atoms with van der Waals surface area (Å²) in [4.78, 5) is 23.6. The predicted molar refractivity (Wildman–Crippen MR) is 84.0 cm³/mol. The van der Waals surface area contributed by atoms with Gasteiger partial charge in [-0.15, -0.1) is 0 Å². The van der Waals surface area contributed by atoms with Gasteiger partial charge in [0.25, 0.3) is 0 Å². The van der Waals surface area contributed by atoms with E-state index < -0.39 is 12.0 Å². The molecule has 0 aliphatic heterocycles. The Labute approximate surface area is 133 Å². The molecule has 0 bridgehead atoms. The van der Waals surface area contributed by atoms with Crippen LogP contribution in [0, 0.1) is 5.92 Å². The molecule has 0 radical (unpaired) electrons. The minimum absolute atomic E-state index is 0.0279. The van der Waals surface area contributed by atoms with Crippen LogP contribution in [0.1, 0.15) is 37.7 Å². The molecule has 1 aliphatic carbocycles. The van der Waals surface area contributed by atoms with Gasteiger partial charge in [0.05, 0.1) is 0 Å². The van der Waals surface area contributed by atoms with E-state index in [-0.39, 0.29) is 18.2 Å². The summed E-state index contributed by atoms with van der Waals surface area (Å²) in [7, 11) is 0. The molecule has 0 unspecified atom stereocenters. The maximum absolute atomic E-state index is 12.2. The first-order chi connectivity index (χ1) is 10.1. The first kappa shape index (κ1) is 16.0. The molecule has 1 atom stereocenters. The van der Waals surface area contributed by atoms with Gasteiger partial charge in [-0.05, 0) is 24.5 Å². The van der Waals surface area contributed by atoms with Crippen molar-refractivity contribution in [2.45, 2.75) is 44.6 Å². The Balaban J connectivity index is 2.00. The van der Waals surface area contributed by atoms with Crippen LogP contribution in [0.25, 0.3) is 0 Å². The second-order valence-corrected chi connectivity index (χ2v) is 6.38. The topological polar surface area (TPSA) is 66.4 Å². The summed E-state index contributed by atoms with van der Waals surface area (Å²) in [6.45, 7) is 0. The predicted octanol–water partition coefficient (Wildman–Crippen LogP) is 3.14.